The van der Waals surface area contributed by atoms with E-state index in [2.05, 4.69) is 24.5 Å². The molecule has 0 aromatic heterocycles. The largest absolute Gasteiger partial charge is 0.444 e. The number of carbonyl (C=O) groups excluding carboxylic acids is 1. The summed E-state index contributed by atoms with van der Waals surface area (Å²) in [7, 11) is 0. The summed E-state index contributed by atoms with van der Waals surface area (Å²) >= 11 is 0. The number of carbonyl (C=O) groups is 1. The molecule has 1 heterocycles. The monoisotopic (exact) mass is 326 g/mol. The number of hydrogen-bond donors (Lipinski definition) is 2. The summed E-state index contributed by atoms with van der Waals surface area (Å²) in [5, 5.41) is 6.87. The third-order valence-corrected chi connectivity index (χ3v) is 4.62. The maximum atomic E-state index is 12.1. The van der Waals surface area contributed by atoms with Gasteiger partial charge in [-0.05, 0) is 60.3 Å². The van der Waals surface area contributed by atoms with Gasteiger partial charge < -0.3 is 20.1 Å². The SMILES string of the molecule is C[C@@H]1CC(N[C@@H]2CCCC[C@H]2NC(=O)OC(C)(C)C)C[C@@H](C)O1. The standard InChI is InChI=1S/C18H34N2O3/c1-12-10-14(11-13(2)22-12)19-15-8-6-7-9-16(15)20-17(21)23-18(3,4)5/h12-16,19H,6-11H2,1-5H3,(H,20,21)/t12-,13-,15-,16-/m1/s1. The van der Waals surface area contributed by atoms with E-state index in [-0.39, 0.29) is 12.1 Å². The second-order valence-corrected chi connectivity index (χ2v) is 8.24. The van der Waals surface area contributed by atoms with Crippen molar-refractivity contribution in [3.63, 3.8) is 0 Å². The smallest absolute Gasteiger partial charge is 0.407 e. The molecule has 2 fully saturated rings. The van der Waals surface area contributed by atoms with Gasteiger partial charge in [0, 0.05) is 18.1 Å². The molecule has 2 rings (SSSR count). The molecular formula is C18H34N2O3. The molecule has 134 valence electrons. The van der Waals surface area contributed by atoms with Crippen molar-refractivity contribution in [3.8, 4) is 0 Å². The molecule has 2 aliphatic rings. The van der Waals surface area contributed by atoms with Crippen LogP contribution in [0.3, 0.4) is 0 Å². The predicted molar refractivity (Wildman–Crippen MR) is 91.6 cm³/mol. The molecule has 1 saturated carbocycles. The molecule has 0 aromatic carbocycles. The van der Waals surface area contributed by atoms with Crippen molar-refractivity contribution in [2.45, 2.75) is 109 Å². The van der Waals surface area contributed by atoms with Crippen LogP contribution in [0.4, 0.5) is 4.79 Å². The van der Waals surface area contributed by atoms with Gasteiger partial charge in [0.25, 0.3) is 0 Å². The lowest BCUT2D eigenvalue weighted by Gasteiger charge is -2.39. The van der Waals surface area contributed by atoms with Crippen LogP contribution in [0.1, 0.15) is 73.1 Å². The fraction of sp³-hybridized carbons (Fsp3) is 0.944. The Labute approximate surface area is 140 Å². The molecule has 23 heavy (non-hydrogen) atoms. The van der Waals surface area contributed by atoms with E-state index >= 15 is 0 Å². The molecule has 1 saturated heterocycles. The summed E-state index contributed by atoms with van der Waals surface area (Å²) in [4.78, 5) is 12.1. The van der Waals surface area contributed by atoms with E-state index in [9.17, 15) is 4.79 Å². The first kappa shape index (κ1) is 18.5. The Balaban J connectivity index is 1.89. The molecule has 0 spiro atoms. The van der Waals surface area contributed by atoms with Crippen LogP contribution in [0, 0.1) is 0 Å². The van der Waals surface area contributed by atoms with Crippen molar-refractivity contribution in [2.75, 3.05) is 0 Å². The summed E-state index contributed by atoms with van der Waals surface area (Å²) in [5.74, 6) is 0. The van der Waals surface area contributed by atoms with Crippen LogP contribution >= 0.6 is 0 Å². The lowest BCUT2D eigenvalue weighted by Crippen LogP contribution is -2.56. The average molecular weight is 326 g/mol. The van der Waals surface area contributed by atoms with E-state index in [0.29, 0.717) is 24.3 Å². The van der Waals surface area contributed by atoms with E-state index in [1.165, 1.54) is 12.8 Å². The lowest BCUT2D eigenvalue weighted by molar-refractivity contribution is -0.0448. The zero-order valence-corrected chi connectivity index (χ0v) is 15.4. The minimum absolute atomic E-state index is 0.159. The Bertz CT molecular complexity index is 384. The van der Waals surface area contributed by atoms with Crippen molar-refractivity contribution < 1.29 is 14.3 Å². The average Bonchev–Trinajstić information content (AvgIpc) is 2.37. The second kappa shape index (κ2) is 7.84. The van der Waals surface area contributed by atoms with E-state index in [1.54, 1.807) is 0 Å². The Kier molecular flexibility index (Phi) is 6.32. The van der Waals surface area contributed by atoms with Gasteiger partial charge in [-0.15, -0.1) is 0 Å². The van der Waals surface area contributed by atoms with E-state index in [1.807, 2.05) is 20.8 Å². The number of amides is 1. The number of hydrogen-bond acceptors (Lipinski definition) is 4. The quantitative estimate of drug-likeness (QED) is 0.835. The fourth-order valence-corrected chi connectivity index (χ4v) is 3.81. The molecule has 0 bridgehead atoms. The molecule has 1 aliphatic heterocycles. The predicted octanol–water partition coefficient (Wildman–Crippen LogP) is 3.37. The third-order valence-electron chi connectivity index (χ3n) is 4.62. The highest BCUT2D eigenvalue weighted by molar-refractivity contribution is 5.68. The Morgan fingerprint density at radius 3 is 2.17 bits per heavy atom. The van der Waals surface area contributed by atoms with E-state index in [4.69, 9.17) is 9.47 Å². The number of alkyl carbamates (subject to hydrolysis) is 1. The maximum absolute atomic E-state index is 12.1. The second-order valence-electron chi connectivity index (χ2n) is 8.24. The summed E-state index contributed by atoms with van der Waals surface area (Å²) in [6.07, 6.45) is 6.91. The van der Waals surface area contributed by atoms with Crippen molar-refractivity contribution in [1.82, 2.24) is 10.6 Å². The first-order chi connectivity index (χ1) is 10.7. The Hall–Kier alpha value is -0.810. The maximum Gasteiger partial charge on any atom is 0.407 e. The van der Waals surface area contributed by atoms with Crippen LogP contribution in [0.15, 0.2) is 0 Å². The van der Waals surface area contributed by atoms with Crippen molar-refractivity contribution in [1.29, 1.82) is 0 Å². The van der Waals surface area contributed by atoms with Crippen LogP contribution in [0.5, 0.6) is 0 Å². The van der Waals surface area contributed by atoms with Crippen molar-refractivity contribution in [2.24, 2.45) is 0 Å². The zero-order chi connectivity index (χ0) is 17.0. The molecule has 2 N–H and O–H groups in total. The van der Waals surface area contributed by atoms with Crippen LogP contribution in [0.2, 0.25) is 0 Å². The topological polar surface area (TPSA) is 59.6 Å². The van der Waals surface area contributed by atoms with Crippen LogP contribution in [-0.4, -0.2) is 42.0 Å². The van der Waals surface area contributed by atoms with Crippen LogP contribution in [0.25, 0.3) is 0 Å². The molecular weight excluding hydrogens is 292 g/mol. The Morgan fingerprint density at radius 1 is 1.04 bits per heavy atom. The third kappa shape index (κ3) is 6.30. The number of ether oxygens (including phenoxy) is 2. The van der Waals surface area contributed by atoms with Gasteiger partial charge in [-0.25, -0.2) is 4.79 Å². The summed E-state index contributed by atoms with van der Waals surface area (Å²) in [6.45, 7) is 9.97. The normalized spacial score (nSPS) is 35.6. The number of nitrogens with one attached hydrogen (secondary N) is 2. The van der Waals surface area contributed by atoms with Gasteiger partial charge in [-0.1, -0.05) is 12.8 Å². The summed E-state index contributed by atoms with van der Waals surface area (Å²) in [6, 6.07) is 0.964. The van der Waals surface area contributed by atoms with Crippen LogP contribution in [-0.2, 0) is 9.47 Å². The molecule has 0 aromatic rings. The molecule has 4 atom stereocenters. The van der Waals surface area contributed by atoms with Crippen molar-refractivity contribution in [3.05, 3.63) is 0 Å². The van der Waals surface area contributed by atoms with Gasteiger partial charge in [0.05, 0.1) is 12.2 Å². The van der Waals surface area contributed by atoms with Gasteiger partial charge in [0.2, 0.25) is 0 Å². The first-order valence-corrected chi connectivity index (χ1v) is 9.14. The van der Waals surface area contributed by atoms with E-state index < -0.39 is 5.60 Å². The minimum Gasteiger partial charge on any atom is -0.444 e. The summed E-state index contributed by atoms with van der Waals surface area (Å²) < 4.78 is 11.2. The van der Waals surface area contributed by atoms with Gasteiger partial charge in [-0.3, -0.25) is 0 Å². The molecule has 1 aliphatic carbocycles. The molecule has 5 heteroatoms. The van der Waals surface area contributed by atoms with Crippen molar-refractivity contribution >= 4 is 6.09 Å². The van der Waals surface area contributed by atoms with E-state index in [0.717, 1.165) is 25.7 Å². The minimum atomic E-state index is -0.451. The van der Waals surface area contributed by atoms with Crippen LogP contribution < -0.4 is 10.6 Å². The number of rotatable bonds is 3. The Morgan fingerprint density at radius 2 is 1.61 bits per heavy atom. The molecule has 0 radical (unpaired) electrons. The van der Waals surface area contributed by atoms with Gasteiger partial charge in [0.1, 0.15) is 5.60 Å². The highest BCUT2D eigenvalue weighted by Crippen LogP contribution is 2.24. The van der Waals surface area contributed by atoms with Gasteiger partial charge >= 0.3 is 6.09 Å². The highest BCUT2D eigenvalue weighted by atomic mass is 16.6. The highest BCUT2D eigenvalue weighted by Gasteiger charge is 2.32. The summed E-state index contributed by atoms with van der Waals surface area (Å²) in [5.41, 5.74) is -0.451. The first-order valence-electron chi connectivity index (χ1n) is 9.14. The lowest BCUT2D eigenvalue weighted by atomic mass is 9.88. The fourth-order valence-electron chi connectivity index (χ4n) is 3.81. The van der Waals surface area contributed by atoms with Gasteiger partial charge in [-0.2, -0.15) is 0 Å². The van der Waals surface area contributed by atoms with Gasteiger partial charge in [0.15, 0.2) is 0 Å². The molecule has 5 nitrogen and oxygen atoms in total. The molecule has 1 amide bonds. The zero-order valence-electron chi connectivity index (χ0n) is 15.4. The molecule has 0 unspecified atom stereocenters.